The van der Waals surface area contributed by atoms with Crippen molar-refractivity contribution >= 4 is 18.3 Å². The van der Waals surface area contributed by atoms with Gasteiger partial charge in [0.2, 0.25) is 5.91 Å². The summed E-state index contributed by atoms with van der Waals surface area (Å²) in [5.74, 6) is 1.62. The number of amides is 1. The van der Waals surface area contributed by atoms with Crippen LogP contribution in [0.3, 0.4) is 0 Å². The zero-order chi connectivity index (χ0) is 18.5. The molecule has 2 atom stereocenters. The van der Waals surface area contributed by atoms with Crippen LogP contribution in [0.5, 0.6) is 5.75 Å². The van der Waals surface area contributed by atoms with E-state index in [1.807, 2.05) is 49.1 Å². The van der Waals surface area contributed by atoms with Gasteiger partial charge >= 0.3 is 0 Å². The summed E-state index contributed by atoms with van der Waals surface area (Å²) in [6.07, 6.45) is 0.395. The molecule has 146 valence electrons. The molecular weight excluding hydrogens is 360 g/mol. The Kier molecular flexibility index (Phi) is 7.69. The number of likely N-dealkylation sites (tertiary alicyclic amines) is 1. The van der Waals surface area contributed by atoms with Crippen LogP contribution in [0.4, 0.5) is 0 Å². The standard InChI is InChI=1S/C22H28N2O2.ClH/c1-16-10-17(2)12-20(11-16)26-9-8-22(25)24-14-19(13-23)21(15-24)18-6-4-3-5-7-18;/h3-7,10-12,19,21H,8-9,13-15,23H2,1-2H3;1H/t19-,21+;/m1./s1. The van der Waals surface area contributed by atoms with Gasteiger partial charge in [-0.25, -0.2) is 0 Å². The van der Waals surface area contributed by atoms with Crippen LogP contribution in [-0.2, 0) is 4.79 Å². The molecule has 1 amide bonds. The Morgan fingerprint density at radius 2 is 1.78 bits per heavy atom. The van der Waals surface area contributed by atoms with Gasteiger partial charge in [-0.2, -0.15) is 0 Å². The maximum Gasteiger partial charge on any atom is 0.226 e. The number of nitrogens with zero attached hydrogens (tertiary/aromatic N) is 1. The number of hydrogen-bond donors (Lipinski definition) is 1. The van der Waals surface area contributed by atoms with E-state index < -0.39 is 0 Å². The summed E-state index contributed by atoms with van der Waals surface area (Å²) in [6.45, 7) is 6.58. The van der Waals surface area contributed by atoms with Gasteiger partial charge in [0, 0.05) is 19.0 Å². The third-order valence-electron chi connectivity index (χ3n) is 5.10. The minimum atomic E-state index is 0. The number of benzene rings is 2. The first-order valence-electron chi connectivity index (χ1n) is 9.30. The predicted molar refractivity (Wildman–Crippen MR) is 112 cm³/mol. The molecule has 1 aliphatic heterocycles. The van der Waals surface area contributed by atoms with E-state index in [2.05, 4.69) is 18.2 Å². The Morgan fingerprint density at radius 1 is 1.11 bits per heavy atom. The lowest BCUT2D eigenvalue weighted by molar-refractivity contribution is -0.130. The fraction of sp³-hybridized carbons (Fsp3) is 0.409. The predicted octanol–water partition coefficient (Wildman–Crippen LogP) is 3.70. The number of hydrogen-bond acceptors (Lipinski definition) is 3. The first-order valence-corrected chi connectivity index (χ1v) is 9.30. The van der Waals surface area contributed by atoms with Crippen LogP contribution in [0.25, 0.3) is 0 Å². The quantitative estimate of drug-likeness (QED) is 0.820. The largest absolute Gasteiger partial charge is 0.493 e. The highest BCUT2D eigenvalue weighted by Gasteiger charge is 2.34. The molecule has 3 rings (SSSR count). The molecule has 0 unspecified atom stereocenters. The first kappa shape index (κ1) is 21.3. The molecule has 0 aromatic heterocycles. The third kappa shape index (κ3) is 5.47. The molecule has 27 heavy (non-hydrogen) atoms. The number of aryl methyl sites for hydroxylation is 2. The first-order chi connectivity index (χ1) is 12.6. The second-order valence-corrected chi connectivity index (χ2v) is 7.23. The van der Waals surface area contributed by atoms with Gasteiger partial charge in [0.15, 0.2) is 0 Å². The number of carbonyl (C=O) groups is 1. The molecule has 1 heterocycles. The zero-order valence-electron chi connectivity index (χ0n) is 16.1. The van der Waals surface area contributed by atoms with Crippen LogP contribution in [0.1, 0.15) is 29.0 Å². The normalized spacial score (nSPS) is 18.9. The van der Waals surface area contributed by atoms with E-state index in [1.165, 1.54) is 16.7 Å². The summed E-state index contributed by atoms with van der Waals surface area (Å²) in [5.41, 5.74) is 9.57. The summed E-state index contributed by atoms with van der Waals surface area (Å²) in [5, 5.41) is 0. The van der Waals surface area contributed by atoms with E-state index in [4.69, 9.17) is 10.5 Å². The molecule has 2 aromatic carbocycles. The number of halogens is 1. The molecule has 0 bridgehead atoms. The van der Waals surface area contributed by atoms with E-state index in [0.29, 0.717) is 31.4 Å². The Balaban J connectivity index is 0.00000261. The Hall–Kier alpha value is -2.04. The van der Waals surface area contributed by atoms with Gasteiger partial charge < -0.3 is 15.4 Å². The third-order valence-corrected chi connectivity index (χ3v) is 5.10. The topological polar surface area (TPSA) is 55.6 Å². The van der Waals surface area contributed by atoms with Crippen LogP contribution in [0.15, 0.2) is 48.5 Å². The van der Waals surface area contributed by atoms with Crippen molar-refractivity contribution in [3.8, 4) is 5.75 Å². The molecular formula is C22H29ClN2O2. The Morgan fingerprint density at radius 3 is 2.41 bits per heavy atom. The minimum Gasteiger partial charge on any atom is -0.493 e. The molecule has 0 spiro atoms. The maximum absolute atomic E-state index is 12.6. The van der Waals surface area contributed by atoms with E-state index in [0.717, 1.165) is 18.8 Å². The van der Waals surface area contributed by atoms with E-state index in [1.54, 1.807) is 0 Å². The van der Waals surface area contributed by atoms with Crippen molar-refractivity contribution in [1.29, 1.82) is 0 Å². The summed E-state index contributed by atoms with van der Waals surface area (Å²) >= 11 is 0. The van der Waals surface area contributed by atoms with E-state index >= 15 is 0 Å². The number of ether oxygens (including phenoxy) is 1. The molecule has 1 fully saturated rings. The van der Waals surface area contributed by atoms with Crippen molar-refractivity contribution in [3.63, 3.8) is 0 Å². The monoisotopic (exact) mass is 388 g/mol. The van der Waals surface area contributed by atoms with Gasteiger partial charge in [0.1, 0.15) is 5.75 Å². The van der Waals surface area contributed by atoms with Crippen molar-refractivity contribution in [2.45, 2.75) is 26.2 Å². The van der Waals surface area contributed by atoms with Crippen LogP contribution in [0, 0.1) is 19.8 Å². The lowest BCUT2D eigenvalue weighted by Gasteiger charge is -2.17. The molecule has 4 nitrogen and oxygen atoms in total. The second-order valence-electron chi connectivity index (χ2n) is 7.23. The lowest BCUT2D eigenvalue weighted by Crippen LogP contribution is -2.30. The summed E-state index contributed by atoms with van der Waals surface area (Å²) in [7, 11) is 0. The van der Waals surface area contributed by atoms with Gasteiger partial charge in [0.25, 0.3) is 0 Å². The SMILES string of the molecule is Cc1cc(C)cc(OCCC(=O)N2C[C@@H](CN)[C@H](c3ccccc3)C2)c1.Cl. The second kappa shape index (κ2) is 9.77. The molecule has 5 heteroatoms. The van der Waals surface area contributed by atoms with Crippen molar-refractivity contribution < 1.29 is 9.53 Å². The minimum absolute atomic E-state index is 0. The summed E-state index contributed by atoms with van der Waals surface area (Å²) in [6, 6.07) is 16.5. The number of rotatable bonds is 6. The maximum atomic E-state index is 12.6. The van der Waals surface area contributed by atoms with Crippen molar-refractivity contribution in [2.24, 2.45) is 11.7 Å². The van der Waals surface area contributed by atoms with Crippen molar-refractivity contribution in [2.75, 3.05) is 26.2 Å². The highest BCUT2D eigenvalue weighted by molar-refractivity contribution is 5.85. The smallest absolute Gasteiger partial charge is 0.226 e. The van der Waals surface area contributed by atoms with Crippen LogP contribution in [0.2, 0.25) is 0 Å². The van der Waals surface area contributed by atoms with Crippen LogP contribution < -0.4 is 10.5 Å². The lowest BCUT2D eigenvalue weighted by atomic mass is 9.89. The fourth-order valence-electron chi connectivity index (χ4n) is 3.82. The highest BCUT2D eigenvalue weighted by Crippen LogP contribution is 2.32. The van der Waals surface area contributed by atoms with Gasteiger partial charge in [-0.15, -0.1) is 12.4 Å². The van der Waals surface area contributed by atoms with E-state index in [9.17, 15) is 4.79 Å². The molecule has 1 saturated heterocycles. The van der Waals surface area contributed by atoms with Crippen LogP contribution in [-0.4, -0.2) is 37.0 Å². The van der Waals surface area contributed by atoms with Gasteiger partial charge in [0.05, 0.1) is 13.0 Å². The molecule has 0 radical (unpaired) electrons. The molecule has 2 aromatic rings. The summed E-state index contributed by atoms with van der Waals surface area (Å²) < 4.78 is 5.79. The van der Waals surface area contributed by atoms with Crippen molar-refractivity contribution in [1.82, 2.24) is 4.90 Å². The van der Waals surface area contributed by atoms with E-state index in [-0.39, 0.29) is 18.3 Å². The van der Waals surface area contributed by atoms with Crippen molar-refractivity contribution in [3.05, 3.63) is 65.2 Å². The fourth-order valence-corrected chi connectivity index (χ4v) is 3.82. The number of nitrogens with two attached hydrogens (primary N) is 1. The molecule has 0 saturated carbocycles. The van der Waals surface area contributed by atoms with Gasteiger partial charge in [-0.1, -0.05) is 36.4 Å². The summed E-state index contributed by atoms with van der Waals surface area (Å²) in [4.78, 5) is 14.6. The van der Waals surface area contributed by atoms with Gasteiger partial charge in [-0.05, 0) is 55.1 Å². The van der Waals surface area contributed by atoms with Gasteiger partial charge in [-0.3, -0.25) is 4.79 Å². The molecule has 0 aliphatic carbocycles. The Labute approximate surface area is 168 Å². The molecule has 2 N–H and O–H groups in total. The number of carbonyl (C=O) groups excluding carboxylic acids is 1. The Bertz CT molecular complexity index is 731. The average Bonchev–Trinajstić information content (AvgIpc) is 3.06. The van der Waals surface area contributed by atoms with Crippen LogP contribution >= 0.6 is 12.4 Å². The zero-order valence-corrected chi connectivity index (χ0v) is 16.9. The molecule has 1 aliphatic rings. The highest BCUT2D eigenvalue weighted by atomic mass is 35.5. The average molecular weight is 389 g/mol.